The molecule has 0 radical (unpaired) electrons. The standard InChI is InChI=1S/C13H21N5/c1-10(2)18-6-5-12(16-18)9-17-11(3)15-8-13(17)7-14-4/h5-6,8,10,14H,7,9H2,1-4H3. The molecule has 0 aliphatic heterocycles. The van der Waals surface area contributed by atoms with Gasteiger partial charge in [0.15, 0.2) is 0 Å². The lowest BCUT2D eigenvalue weighted by molar-refractivity contribution is 0.522. The van der Waals surface area contributed by atoms with Crippen LogP contribution in [0.5, 0.6) is 0 Å². The highest BCUT2D eigenvalue weighted by Crippen LogP contribution is 2.10. The number of rotatable bonds is 5. The first kappa shape index (κ1) is 12.8. The molecule has 0 aliphatic rings. The molecule has 0 amide bonds. The lowest BCUT2D eigenvalue weighted by atomic mass is 10.4. The van der Waals surface area contributed by atoms with Crippen LogP contribution in [0.4, 0.5) is 0 Å². The fourth-order valence-corrected chi connectivity index (χ4v) is 1.96. The van der Waals surface area contributed by atoms with Gasteiger partial charge in [-0.05, 0) is 33.9 Å². The van der Waals surface area contributed by atoms with Gasteiger partial charge in [0, 0.05) is 25.0 Å². The Labute approximate surface area is 108 Å². The fraction of sp³-hybridized carbons (Fsp3) is 0.538. The number of nitrogens with one attached hydrogen (secondary N) is 1. The predicted octanol–water partition coefficient (Wildman–Crippen LogP) is 1.74. The Hall–Kier alpha value is -1.62. The van der Waals surface area contributed by atoms with Gasteiger partial charge >= 0.3 is 0 Å². The van der Waals surface area contributed by atoms with Gasteiger partial charge < -0.3 is 9.88 Å². The maximum absolute atomic E-state index is 4.57. The molecule has 0 aliphatic carbocycles. The quantitative estimate of drug-likeness (QED) is 0.875. The van der Waals surface area contributed by atoms with Crippen LogP contribution in [0.25, 0.3) is 0 Å². The van der Waals surface area contributed by atoms with Crippen molar-refractivity contribution in [3.63, 3.8) is 0 Å². The van der Waals surface area contributed by atoms with Crippen molar-refractivity contribution >= 4 is 0 Å². The van der Waals surface area contributed by atoms with Gasteiger partial charge in [0.2, 0.25) is 0 Å². The molecule has 5 heteroatoms. The minimum Gasteiger partial charge on any atom is -0.325 e. The summed E-state index contributed by atoms with van der Waals surface area (Å²) < 4.78 is 4.18. The van der Waals surface area contributed by atoms with Gasteiger partial charge in [0.25, 0.3) is 0 Å². The van der Waals surface area contributed by atoms with Crippen LogP contribution in [0.15, 0.2) is 18.5 Å². The number of imidazole rings is 1. The molecule has 0 aromatic carbocycles. The zero-order valence-corrected chi connectivity index (χ0v) is 11.5. The summed E-state index contributed by atoms with van der Waals surface area (Å²) in [5.41, 5.74) is 2.26. The fourth-order valence-electron chi connectivity index (χ4n) is 1.96. The maximum atomic E-state index is 4.57. The summed E-state index contributed by atoms with van der Waals surface area (Å²) in [5, 5.41) is 7.74. The number of hydrogen-bond acceptors (Lipinski definition) is 3. The molecule has 0 bridgehead atoms. The summed E-state index contributed by atoms with van der Waals surface area (Å²) in [6.45, 7) is 7.89. The molecule has 18 heavy (non-hydrogen) atoms. The molecule has 0 atom stereocenters. The first-order valence-electron chi connectivity index (χ1n) is 6.31. The smallest absolute Gasteiger partial charge is 0.106 e. The normalized spacial score (nSPS) is 11.4. The minimum atomic E-state index is 0.402. The van der Waals surface area contributed by atoms with E-state index in [1.54, 1.807) is 0 Å². The monoisotopic (exact) mass is 247 g/mol. The molecule has 2 heterocycles. The molecule has 0 unspecified atom stereocenters. The first-order valence-corrected chi connectivity index (χ1v) is 6.31. The summed E-state index contributed by atoms with van der Waals surface area (Å²) in [7, 11) is 1.94. The van der Waals surface area contributed by atoms with Crippen molar-refractivity contribution in [3.8, 4) is 0 Å². The molecule has 2 rings (SSSR count). The van der Waals surface area contributed by atoms with Crippen LogP contribution in [0.1, 0.15) is 37.1 Å². The third-order valence-corrected chi connectivity index (χ3v) is 3.01. The summed E-state index contributed by atoms with van der Waals surface area (Å²) >= 11 is 0. The minimum absolute atomic E-state index is 0.402. The second-order valence-electron chi connectivity index (χ2n) is 4.79. The van der Waals surface area contributed by atoms with Crippen LogP contribution in [-0.2, 0) is 13.1 Å². The lowest BCUT2D eigenvalue weighted by Gasteiger charge is -2.09. The van der Waals surface area contributed by atoms with E-state index < -0.39 is 0 Å². The third-order valence-electron chi connectivity index (χ3n) is 3.01. The third kappa shape index (κ3) is 2.61. The van der Waals surface area contributed by atoms with E-state index in [-0.39, 0.29) is 0 Å². The second kappa shape index (κ2) is 5.35. The van der Waals surface area contributed by atoms with E-state index in [0.717, 1.165) is 24.6 Å². The van der Waals surface area contributed by atoms with Crippen molar-refractivity contribution in [1.29, 1.82) is 0 Å². The van der Waals surface area contributed by atoms with Gasteiger partial charge in [-0.2, -0.15) is 5.10 Å². The Kier molecular flexibility index (Phi) is 3.81. The predicted molar refractivity (Wildman–Crippen MR) is 71.4 cm³/mol. The Morgan fingerprint density at radius 3 is 2.78 bits per heavy atom. The highest BCUT2D eigenvalue weighted by molar-refractivity contribution is 5.09. The van der Waals surface area contributed by atoms with E-state index in [9.17, 15) is 0 Å². The van der Waals surface area contributed by atoms with Gasteiger partial charge in [0.05, 0.1) is 17.9 Å². The molecule has 1 N–H and O–H groups in total. The van der Waals surface area contributed by atoms with Crippen LogP contribution in [0.3, 0.4) is 0 Å². The lowest BCUT2D eigenvalue weighted by Crippen LogP contribution is -2.13. The molecule has 98 valence electrons. The summed E-state index contributed by atoms with van der Waals surface area (Å²) in [6, 6.07) is 2.47. The first-order chi connectivity index (χ1) is 8.61. The van der Waals surface area contributed by atoms with Gasteiger partial charge in [-0.15, -0.1) is 0 Å². The van der Waals surface area contributed by atoms with Crippen molar-refractivity contribution in [1.82, 2.24) is 24.6 Å². The van der Waals surface area contributed by atoms with Crippen LogP contribution in [0.2, 0.25) is 0 Å². The van der Waals surface area contributed by atoms with Gasteiger partial charge in [-0.25, -0.2) is 4.98 Å². The largest absolute Gasteiger partial charge is 0.325 e. The van der Waals surface area contributed by atoms with Crippen LogP contribution in [-0.4, -0.2) is 26.4 Å². The van der Waals surface area contributed by atoms with Gasteiger partial charge in [-0.3, -0.25) is 4.68 Å². The molecule has 0 fully saturated rings. The SMILES string of the molecule is CNCc1cnc(C)n1Cc1ccn(C(C)C)n1. The Bertz CT molecular complexity index is 509. The van der Waals surface area contributed by atoms with E-state index in [0.29, 0.717) is 6.04 Å². The molecular weight excluding hydrogens is 226 g/mol. The van der Waals surface area contributed by atoms with Crippen molar-refractivity contribution in [3.05, 3.63) is 35.7 Å². The molecule has 5 nitrogen and oxygen atoms in total. The highest BCUT2D eigenvalue weighted by Gasteiger charge is 2.09. The van der Waals surface area contributed by atoms with E-state index in [4.69, 9.17) is 0 Å². The number of aryl methyl sites for hydroxylation is 1. The van der Waals surface area contributed by atoms with Gasteiger partial charge in [-0.1, -0.05) is 0 Å². The van der Waals surface area contributed by atoms with Crippen LogP contribution in [0, 0.1) is 6.92 Å². The number of nitrogens with zero attached hydrogens (tertiary/aromatic N) is 4. The zero-order chi connectivity index (χ0) is 13.1. The van der Waals surface area contributed by atoms with E-state index in [1.807, 2.05) is 31.0 Å². The Morgan fingerprint density at radius 1 is 1.39 bits per heavy atom. The average molecular weight is 247 g/mol. The molecule has 0 saturated heterocycles. The second-order valence-corrected chi connectivity index (χ2v) is 4.79. The molecule has 2 aromatic rings. The molecular formula is C13H21N5. The summed E-state index contributed by atoms with van der Waals surface area (Å²) in [4.78, 5) is 4.36. The molecule has 0 saturated carbocycles. The van der Waals surface area contributed by atoms with E-state index >= 15 is 0 Å². The van der Waals surface area contributed by atoms with Crippen molar-refractivity contribution < 1.29 is 0 Å². The van der Waals surface area contributed by atoms with E-state index in [2.05, 4.69) is 39.9 Å². The summed E-state index contributed by atoms with van der Waals surface area (Å²) in [6.07, 6.45) is 3.95. The number of hydrogen-bond donors (Lipinski definition) is 1. The molecule has 0 spiro atoms. The highest BCUT2D eigenvalue weighted by atomic mass is 15.3. The van der Waals surface area contributed by atoms with Crippen LogP contribution < -0.4 is 5.32 Å². The zero-order valence-electron chi connectivity index (χ0n) is 11.5. The van der Waals surface area contributed by atoms with Crippen molar-refractivity contribution in [2.75, 3.05) is 7.05 Å². The number of aromatic nitrogens is 4. The topological polar surface area (TPSA) is 47.7 Å². The average Bonchev–Trinajstić information content (AvgIpc) is 2.91. The Morgan fingerprint density at radius 2 is 2.17 bits per heavy atom. The molecule has 2 aromatic heterocycles. The van der Waals surface area contributed by atoms with Gasteiger partial charge in [0.1, 0.15) is 5.82 Å². The van der Waals surface area contributed by atoms with Crippen molar-refractivity contribution in [2.45, 2.75) is 39.9 Å². The Balaban J connectivity index is 2.19. The van der Waals surface area contributed by atoms with Crippen LogP contribution >= 0.6 is 0 Å². The maximum Gasteiger partial charge on any atom is 0.106 e. The van der Waals surface area contributed by atoms with Crippen molar-refractivity contribution in [2.24, 2.45) is 0 Å². The summed E-state index contributed by atoms with van der Waals surface area (Å²) in [5.74, 6) is 1.03. The van der Waals surface area contributed by atoms with E-state index in [1.165, 1.54) is 5.69 Å².